The molecule has 0 aliphatic heterocycles. The van der Waals surface area contributed by atoms with E-state index in [9.17, 15) is 18.0 Å². The van der Waals surface area contributed by atoms with Gasteiger partial charge in [0.25, 0.3) is 15.6 Å². The lowest BCUT2D eigenvalue weighted by molar-refractivity contribution is 0.598. The molecule has 0 aliphatic rings. The van der Waals surface area contributed by atoms with Crippen LogP contribution in [0.25, 0.3) is 0 Å². The minimum Gasteiger partial charge on any atom is -0.313 e. The molecule has 11 heteroatoms. The van der Waals surface area contributed by atoms with E-state index in [0.29, 0.717) is 0 Å². The van der Waals surface area contributed by atoms with Crippen LogP contribution in [0.4, 0.5) is 5.82 Å². The average Bonchev–Trinajstić information content (AvgIpc) is 2.31. The lowest BCUT2D eigenvalue weighted by atomic mass is 10.5. The largest absolute Gasteiger partial charge is 0.325 e. The van der Waals surface area contributed by atoms with Crippen LogP contribution >= 0.6 is 11.6 Å². The molecule has 0 aliphatic carbocycles. The molecule has 2 heterocycles. The van der Waals surface area contributed by atoms with E-state index in [4.69, 9.17) is 11.6 Å². The first kappa shape index (κ1) is 13.2. The number of hydrogen-bond donors (Lipinski definition) is 3. The minimum atomic E-state index is -4.18. The first-order valence-corrected chi connectivity index (χ1v) is 6.59. The maximum Gasteiger partial charge on any atom is 0.325 e. The number of hydrogen-bond acceptors (Lipinski definition) is 6. The molecule has 0 saturated heterocycles. The Bertz CT molecular complexity index is 810. The number of anilines is 1. The summed E-state index contributed by atoms with van der Waals surface area (Å²) in [4.78, 5) is 25.4. The van der Waals surface area contributed by atoms with Crippen molar-refractivity contribution in [2.75, 3.05) is 4.72 Å². The first-order valence-electron chi connectivity index (χ1n) is 4.72. The molecule has 0 unspecified atom stereocenters. The molecule has 0 spiro atoms. The molecule has 100 valence electrons. The molecule has 0 aromatic carbocycles. The normalized spacial score (nSPS) is 11.2. The van der Waals surface area contributed by atoms with Gasteiger partial charge in [0.2, 0.25) is 0 Å². The summed E-state index contributed by atoms with van der Waals surface area (Å²) in [5, 5.41) is 7.01. The monoisotopic (exact) mass is 303 g/mol. The van der Waals surface area contributed by atoms with E-state index in [0.717, 1.165) is 6.20 Å². The molecule has 2 aromatic rings. The van der Waals surface area contributed by atoms with Crippen molar-refractivity contribution in [3.05, 3.63) is 44.3 Å². The van der Waals surface area contributed by atoms with E-state index in [1.807, 2.05) is 4.72 Å². The third-order valence-corrected chi connectivity index (χ3v) is 3.51. The van der Waals surface area contributed by atoms with Gasteiger partial charge in [-0.1, -0.05) is 11.6 Å². The highest BCUT2D eigenvalue weighted by Crippen LogP contribution is 2.10. The summed E-state index contributed by atoms with van der Waals surface area (Å²) in [5.41, 5.74) is -1.85. The smallest absolute Gasteiger partial charge is 0.313 e. The zero-order valence-corrected chi connectivity index (χ0v) is 10.6. The molecule has 2 rings (SSSR count). The number of aromatic amines is 2. The van der Waals surface area contributed by atoms with Crippen LogP contribution in [0.5, 0.6) is 0 Å². The molecule has 0 saturated carbocycles. The van der Waals surface area contributed by atoms with E-state index in [2.05, 4.69) is 15.2 Å². The van der Waals surface area contributed by atoms with E-state index in [1.54, 1.807) is 4.98 Å². The van der Waals surface area contributed by atoms with Crippen LogP contribution in [0.2, 0.25) is 5.15 Å². The molecule has 0 amide bonds. The van der Waals surface area contributed by atoms with E-state index in [-0.39, 0.29) is 11.0 Å². The second-order valence-corrected chi connectivity index (χ2v) is 5.32. The number of sulfonamides is 1. The third kappa shape index (κ3) is 2.98. The summed E-state index contributed by atoms with van der Waals surface area (Å²) in [6.07, 6.45) is 0.785. The first-order chi connectivity index (χ1) is 8.88. The molecule has 0 radical (unpaired) electrons. The zero-order valence-electron chi connectivity index (χ0n) is 9.05. The predicted molar refractivity (Wildman–Crippen MR) is 65.5 cm³/mol. The Morgan fingerprint density at radius 1 is 1.21 bits per heavy atom. The number of nitrogens with one attached hydrogen (secondary N) is 3. The highest BCUT2D eigenvalue weighted by molar-refractivity contribution is 7.92. The molecular weight excluding hydrogens is 298 g/mol. The van der Waals surface area contributed by atoms with Crippen molar-refractivity contribution in [1.29, 1.82) is 0 Å². The van der Waals surface area contributed by atoms with Crippen molar-refractivity contribution >= 4 is 27.4 Å². The van der Waals surface area contributed by atoms with E-state index in [1.165, 1.54) is 12.1 Å². The predicted octanol–water partition coefficient (Wildman–Crippen LogP) is -0.693. The summed E-state index contributed by atoms with van der Waals surface area (Å²) in [7, 11) is -4.18. The molecule has 0 bridgehead atoms. The lowest BCUT2D eigenvalue weighted by Crippen LogP contribution is -2.29. The fourth-order valence-corrected chi connectivity index (χ4v) is 2.26. The van der Waals surface area contributed by atoms with Crippen molar-refractivity contribution in [3.63, 3.8) is 0 Å². The average molecular weight is 304 g/mol. The third-order valence-electron chi connectivity index (χ3n) is 1.95. The molecule has 2 aromatic heterocycles. The van der Waals surface area contributed by atoms with Crippen LogP contribution in [-0.4, -0.2) is 28.6 Å². The van der Waals surface area contributed by atoms with Gasteiger partial charge >= 0.3 is 5.69 Å². The Labute approximate surface area is 110 Å². The summed E-state index contributed by atoms with van der Waals surface area (Å²) in [6, 6.07) is 2.59. The summed E-state index contributed by atoms with van der Waals surface area (Å²) < 4.78 is 25.7. The van der Waals surface area contributed by atoms with E-state index >= 15 is 0 Å². The molecule has 9 nitrogen and oxygen atoms in total. The van der Waals surface area contributed by atoms with Gasteiger partial charge in [0, 0.05) is 6.20 Å². The summed E-state index contributed by atoms with van der Waals surface area (Å²) in [6.45, 7) is 0. The zero-order chi connectivity index (χ0) is 14.0. The van der Waals surface area contributed by atoms with Crippen LogP contribution < -0.4 is 16.0 Å². The summed E-state index contributed by atoms with van der Waals surface area (Å²) in [5.74, 6) is -0.116. The molecule has 3 N–H and O–H groups in total. The Morgan fingerprint density at radius 2 is 1.95 bits per heavy atom. The second-order valence-electron chi connectivity index (χ2n) is 3.28. The maximum absolute atomic E-state index is 11.9. The number of H-pyrrole nitrogens is 2. The van der Waals surface area contributed by atoms with Crippen molar-refractivity contribution in [3.8, 4) is 0 Å². The van der Waals surface area contributed by atoms with Gasteiger partial charge in [-0.2, -0.15) is 0 Å². The number of halogens is 1. The number of aromatic nitrogens is 4. The SMILES string of the molecule is O=c1[nH]cc(S(=O)(=O)Nc2ccc(Cl)nn2)c(=O)[nH]1. The van der Waals surface area contributed by atoms with Crippen LogP contribution in [-0.2, 0) is 10.0 Å². The van der Waals surface area contributed by atoms with Crippen LogP contribution in [0, 0.1) is 0 Å². The van der Waals surface area contributed by atoms with Crippen LogP contribution in [0.1, 0.15) is 0 Å². The molecular formula is C8H6ClN5O4S. The molecule has 19 heavy (non-hydrogen) atoms. The lowest BCUT2D eigenvalue weighted by Gasteiger charge is -2.05. The fraction of sp³-hybridized carbons (Fsp3) is 0. The Morgan fingerprint density at radius 3 is 2.53 bits per heavy atom. The number of nitrogens with zero attached hydrogens (tertiary/aromatic N) is 2. The van der Waals surface area contributed by atoms with Gasteiger partial charge in [0.15, 0.2) is 15.9 Å². The van der Waals surface area contributed by atoms with Gasteiger partial charge < -0.3 is 4.98 Å². The second kappa shape index (κ2) is 4.82. The minimum absolute atomic E-state index is 0.0878. The quantitative estimate of drug-likeness (QED) is 0.686. The molecule has 0 fully saturated rings. The van der Waals surface area contributed by atoms with Gasteiger partial charge in [-0.25, -0.2) is 13.2 Å². The van der Waals surface area contributed by atoms with Gasteiger partial charge in [0.1, 0.15) is 0 Å². The van der Waals surface area contributed by atoms with Crippen molar-refractivity contribution in [2.24, 2.45) is 0 Å². The summed E-state index contributed by atoms with van der Waals surface area (Å²) >= 11 is 5.50. The topological polar surface area (TPSA) is 138 Å². The van der Waals surface area contributed by atoms with Crippen LogP contribution in [0.15, 0.2) is 32.8 Å². The van der Waals surface area contributed by atoms with Gasteiger partial charge in [-0.3, -0.25) is 14.5 Å². The Hall–Kier alpha value is -2.20. The van der Waals surface area contributed by atoms with Crippen molar-refractivity contribution in [2.45, 2.75) is 4.90 Å². The van der Waals surface area contributed by atoms with E-state index < -0.39 is 26.2 Å². The van der Waals surface area contributed by atoms with Gasteiger partial charge in [-0.15, -0.1) is 10.2 Å². The highest BCUT2D eigenvalue weighted by Gasteiger charge is 2.19. The highest BCUT2D eigenvalue weighted by atomic mass is 35.5. The standard InChI is InChI=1S/C8H6ClN5O4S/c9-5-1-2-6(13-12-5)14-19(17,18)4-3-10-8(16)11-7(4)15/h1-3H,(H,13,14)(H2,10,11,15,16). The Balaban J connectivity index is 2.40. The number of rotatable bonds is 3. The van der Waals surface area contributed by atoms with Crippen molar-refractivity contribution in [1.82, 2.24) is 20.2 Å². The Kier molecular flexibility index (Phi) is 3.36. The van der Waals surface area contributed by atoms with Crippen LogP contribution in [0.3, 0.4) is 0 Å². The maximum atomic E-state index is 11.9. The molecule has 0 atom stereocenters. The fourth-order valence-electron chi connectivity index (χ4n) is 1.16. The van der Waals surface area contributed by atoms with Gasteiger partial charge in [0.05, 0.1) is 0 Å². The van der Waals surface area contributed by atoms with Crippen molar-refractivity contribution < 1.29 is 8.42 Å². The van der Waals surface area contributed by atoms with Gasteiger partial charge in [-0.05, 0) is 12.1 Å².